The van der Waals surface area contributed by atoms with Crippen molar-refractivity contribution < 1.29 is 0 Å². The topological polar surface area (TPSA) is 16.1 Å². The molecule has 0 fully saturated rings. The Balaban J connectivity index is 2.59. The number of nitrogens with zero attached hydrogens (tertiary/aromatic N) is 2. The van der Waals surface area contributed by atoms with Crippen molar-refractivity contribution in [3.8, 4) is 0 Å². The quantitative estimate of drug-likeness (QED) is 0.795. The van der Waals surface area contributed by atoms with Gasteiger partial charge in [-0.05, 0) is 38.3 Å². The average Bonchev–Trinajstić information content (AvgIpc) is 2.25. The number of anilines is 1. The van der Waals surface area contributed by atoms with E-state index in [1.165, 1.54) is 16.3 Å². The van der Waals surface area contributed by atoms with E-state index in [9.17, 15) is 0 Å². The summed E-state index contributed by atoms with van der Waals surface area (Å²) in [4.78, 5) is 7.29. The van der Waals surface area contributed by atoms with E-state index in [-0.39, 0.29) is 0 Å². The van der Waals surface area contributed by atoms with Crippen LogP contribution >= 0.6 is 11.8 Å². The number of aryl methyl sites for hydroxylation is 1. The summed E-state index contributed by atoms with van der Waals surface area (Å²) in [7, 11) is 0. The van der Waals surface area contributed by atoms with E-state index >= 15 is 0 Å². The molecule has 1 atom stereocenters. The van der Waals surface area contributed by atoms with E-state index in [1.807, 2.05) is 11.8 Å². The fourth-order valence-corrected chi connectivity index (χ4v) is 3.70. The van der Waals surface area contributed by atoms with Gasteiger partial charge in [-0.2, -0.15) is 0 Å². The highest BCUT2D eigenvalue weighted by atomic mass is 32.2. The highest BCUT2D eigenvalue weighted by molar-refractivity contribution is 8.00. The van der Waals surface area contributed by atoms with Gasteiger partial charge in [0.05, 0.1) is 5.69 Å². The van der Waals surface area contributed by atoms with E-state index in [2.05, 4.69) is 52.5 Å². The van der Waals surface area contributed by atoms with Gasteiger partial charge in [-0.15, -0.1) is 0 Å². The van der Waals surface area contributed by atoms with Crippen molar-refractivity contribution in [1.82, 2.24) is 4.98 Å². The van der Waals surface area contributed by atoms with E-state index in [4.69, 9.17) is 4.98 Å². The van der Waals surface area contributed by atoms with Gasteiger partial charge < -0.3 is 4.90 Å². The molecule has 1 aliphatic heterocycles. The lowest BCUT2D eigenvalue weighted by molar-refractivity contribution is 0.648. The van der Waals surface area contributed by atoms with Crippen molar-refractivity contribution in [2.45, 2.75) is 63.8 Å². The van der Waals surface area contributed by atoms with Crippen LogP contribution in [0.2, 0.25) is 0 Å². The first-order valence-corrected chi connectivity index (χ1v) is 7.73. The molecule has 1 aliphatic rings. The molecule has 0 amide bonds. The molecule has 0 aliphatic carbocycles. The van der Waals surface area contributed by atoms with Crippen molar-refractivity contribution in [1.29, 1.82) is 0 Å². The molecule has 2 heterocycles. The monoisotopic (exact) mass is 264 g/mol. The van der Waals surface area contributed by atoms with Gasteiger partial charge in [0.15, 0.2) is 0 Å². The van der Waals surface area contributed by atoms with Gasteiger partial charge in [-0.1, -0.05) is 32.5 Å². The van der Waals surface area contributed by atoms with E-state index in [0.717, 1.165) is 12.2 Å². The van der Waals surface area contributed by atoms with Crippen molar-refractivity contribution >= 4 is 17.4 Å². The number of fused-ring (bicyclic) bond motifs is 1. The number of hydrogen-bond donors (Lipinski definition) is 0. The van der Waals surface area contributed by atoms with Crippen molar-refractivity contribution in [2.75, 3.05) is 11.4 Å². The highest BCUT2D eigenvalue weighted by Gasteiger charge is 2.28. The van der Waals surface area contributed by atoms with Crippen LogP contribution in [0.25, 0.3) is 0 Å². The van der Waals surface area contributed by atoms with E-state index < -0.39 is 0 Å². The first-order chi connectivity index (χ1) is 8.40. The zero-order chi connectivity index (χ0) is 13.4. The number of rotatable bonds is 2. The number of pyridine rings is 1. The normalized spacial score (nSPS) is 19.6. The zero-order valence-electron chi connectivity index (χ0n) is 12.3. The summed E-state index contributed by atoms with van der Waals surface area (Å²) in [5, 5.41) is 1.85. The Morgan fingerprint density at radius 3 is 2.56 bits per heavy atom. The molecule has 2 nitrogen and oxygen atoms in total. The Labute approximate surface area is 115 Å². The van der Waals surface area contributed by atoms with Gasteiger partial charge in [0.25, 0.3) is 0 Å². The molecule has 0 saturated heterocycles. The molecule has 100 valence electrons. The second-order valence-electron chi connectivity index (χ2n) is 5.84. The van der Waals surface area contributed by atoms with Gasteiger partial charge >= 0.3 is 0 Å². The molecule has 0 saturated carbocycles. The largest absolute Gasteiger partial charge is 0.366 e. The van der Waals surface area contributed by atoms with Gasteiger partial charge in [-0.3, -0.25) is 0 Å². The SMILES string of the molecule is Cc1cc(C(C)C)c2c(n1)S[C@H](C)CN2C(C)C. The van der Waals surface area contributed by atoms with Gasteiger partial charge in [0.2, 0.25) is 0 Å². The Morgan fingerprint density at radius 1 is 1.33 bits per heavy atom. The van der Waals surface area contributed by atoms with Crippen molar-refractivity contribution in [3.05, 3.63) is 17.3 Å². The van der Waals surface area contributed by atoms with Gasteiger partial charge in [0.1, 0.15) is 5.03 Å². The number of aromatic nitrogens is 1. The molecule has 1 aromatic heterocycles. The summed E-state index contributed by atoms with van der Waals surface area (Å²) in [6, 6.07) is 2.80. The molecule has 0 N–H and O–H groups in total. The summed E-state index contributed by atoms with van der Waals surface area (Å²) < 4.78 is 0. The third kappa shape index (κ3) is 2.51. The molecular formula is C15H24N2S. The van der Waals surface area contributed by atoms with Crippen molar-refractivity contribution in [2.24, 2.45) is 0 Å². The number of thioether (sulfide) groups is 1. The molecular weight excluding hydrogens is 240 g/mol. The molecule has 3 heteroatoms. The first kappa shape index (κ1) is 13.7. The summed E-state index contributed by atoms with van der Waals surface area (Å²) in [6.07, 6.45) is 0. The van der Waals surface area contributed by atoms with Crippen LogP contribution in [0.4, 0.5) is 5.69 Å². The van der Waals surface area contributed by atoms with E-state index in [1.54, 1.807) is 0 Å². The molecule has 0 bridgehead atoms. The van der Waals surface area contributed by atoms with Crippen LogP contribution in [0.3, 0.4) is 0 Å². The summed E-state index contributed by atoms with van der Waals surface area (Å²) in [6.45, 7) is 14.6. The fraction of sp³-hybridized carbons (Fsp3) is 0.667. The Hall–Kier alpha value is -0.700. The van der Waals surface area contributed by atoms with Crippen LogP contribution in [0, 0.1) is 6.92 Å². The van der Waals surface area contributed by atoms with Gasteiger partial charge in [-0.25, -0.2) is 4.98 Å². The highest BCUT2D eigenvalue weighted by Crippen LogP contribution is 2.42. The lowest BCUT2D eigenvalue weighted by Gasteiger charge is -2.39. The summed E-state index contributed by atoms with van der Waals surface area (Å²) >= 11 is 1.93. The first-order valence-electron chi connectivity index (χ1n) is 6.85. The Bertz CT molecular complexity index is 440. The van der Waals surface area contributed by atoms with Crippen LogP contribution in [0.5, 0.6) is 0 Å². The molecule has 2 rings (SSSR count). The van der Waals surface area contributed by atoms with Crippen LogP contribution in [0.15, 0.2) is 11.1 Å². The summed E-state index contributed by atoms with van der Waals surface area (Å²) in [5.74, 6) is 0.552. The van der Waals surface area contributed by atoms with Crippen LogP contribution < -0.4 is 4.90 Å². The minimum absolute atomic E-state index is 0.536. The molecule has 0 unspecified atom stereocenters. The second-order valence-corrected chi connectivity index (χ2v) is 7.26. The van der Waals surface area contributed by atoms with Crippen LogP contribution in [0.1, 0.15) is 51.8 Å². The lowest BCUT2D eigenvalue weighted by Crippen LogP contribution is -2.39. The lowest BCUT2D eigenvalue weighted by atomic mass is 10.00. The molecule has 0 radical (unpaired) electrons. The molecule has 0 aromatic carbocycles. The predicted molar refractivity (Wildman–Crippen MR) is 80.9 cm³/mol. The zero-order valence-corrected chi connectivity index (χ0v) is 13.1. The van der Waals surface area contributed by atoms with E-state index in [0.29, 0.717) is 17.2 Å². The Morgan fingerprint density at radius 2 is 2.00 bits per heavy atom. The maximum atomic E-state index is 4.76. The average molecular weight is 264 g/mol. The third-order valence-corrected chi connectivity index (χ3v) is 4.48. The van der Waals surface area contributed by atoms with Crippen molar-refractivity contribution in [3.63, 3.8) is 0 Å². The maximum Gasteiger partial charge on any atom is 0.120 e. The maximum absolute atomic E-state index is 4.76. The van der Waals surface area contributed by atoms with Crippen LogP contribution in [-0.2, 0) is 0 Å². The standard InChI is InChI=1S/C15H24N2S/c1-9(2)13-7-11(5)16-15-14(13)17(10(3)4)8-12(6)18-15/h7,9-10,12H,8H2,1-6H3/t12-/m1/s1. The predicted octanol–water partition coefficient (Wildman–Crippen LogP) is 4.22. The molecule has 0 spiro atoms. The fourth-order valence-electron chi connectivity index (χ4n) is 2.54. The number of hydrogen-bond acceptors (Lipinski definition) is 3. The smallest absolute Gasteiger partial charge is 0.120 e. The van der Waals surface area contributed by atoms with Crippen LogP contribution in [-0.4, -0.2) is 22.8 Å². The second kappa shape index (κ2) is 5.12. The summed E-state index contributed by atoms with van der Waals surface area (Å²) in [5.41, 5.74) is 3.97. The van der Waals surface area contributed by atoms with Gasteiger partial charge in [0, 0.05) is 23.5 Å². The minimum Gasteiger partial charge on any atom is -0.366 e. The molecule has 1 aromatic rings. The molecule has 18 heavy (non-hydrogen) atoms. The third-order valence-electron chi connectivity index (χ3n) is 3.42. The Kier molecular flexibility index (Phi) is 3.90. The minimum atomic E-state index is 0.536.